The quantitative estimate of drug-likeness (QED) is 0.324. The summed E-state index contributed by atoms with van der Waals surface area (Å²) in [5.74, 6) is -0.258. The molecule has 31 heavy (non-hydrogen) atoms. The Kier molecular flexibility index (Phi) is 6.34. The Morgan fingerprint density at radius 1 is 0.742 bits per heavy atom. The number of amides is 1. The van der Waals surface area contributed by atoms with Crippen molar-refractivity contribution >= 4 is 35.1 Å². The second-order valence-corrected chi connectivity index (χ2v) is 7.39. The lowest BCUT2D eigenvalue weighted by atomic mass is 10.0. The van der Waals surface area contributed by atoms with E-state index in [2.05, 4.69) is 29.6 Å². The molecule has 1 N–H and O–H groups in total. The first-order valence-electron chi connectivity index (χ1n) is 10.3. The zero-order valence-electron chi connectivity index (χ0n) is 17.1. The van der Waals surface area contributed by atoms with E-state index in [1.807, 2.05) is 78.9 Å². The zero-order valence-corrected chi connectivity index (χ0v) is 17.1. The van der Waals surface area contributed by atoms with Crippen LogP contribution in [0.4, 0.5) is 0 Å². The van der Waals surface area contributed by atoms with Gasteiger partial charge in [0.15, 0.2) is 0 Å². The van der Waals surface area contributed by atoms with Gasteiger partial charge in [0.25, 0.3) is 5.91 Å². The lowest BCUT2D eigenvalue weighted by Crippen LogP contribution is -2.37. The van der Waals surface area contributed by atoms with Crippen molar-refractivity contribution in [2.75, 3.05) is 0 Å². The van der Waals surface area contributed by atoms with Crippen LogP contribution >= 0.6 is 0 Å². The lowest BCUT2D eigenvalue weighted by Gasteiger charge is -2.14. The topological polar surface area (TPSA) is 46.2 Å². The normalized spacial score (nSPS) is 12.0. The van der Waals surface area contributed by atoms with E-state index < -0.39 is 6.04 Å². The van der Waals surface area contributed by atoms with Crippen molar-refractivity contribution in [3.63, 3.8) is 0 Å². The van der Waals surface area contributed by atoms with E-state index in [1.165, 1.54) is 5.39 Å². The van der Waals surface area contributed by atoms with Gasteiger partial charge in [0.2, 0.25) is 0 Å². The Labute approximate surface area is 182 Å². The molecular formula is C28H23NO2. The number of rotatable bonds is 7. The Morgan fingerprint density at radius 3 is 2.23 bits per heavy atom. The molecule has 0 aliphatic rings. The smallest absolute Gasteiger partial charge is 0.252 e. The molecular weight excluding hydrogens is 382 g/mol. The predicted octanol–water partition coefficient (Wildman–Crippen LogP) is 5.55. The molecule has 0 aromatic heterocycles. The summed E-state index contributed by atoms with van der Waals surface area (Å²) in [6.07, 6.45) is 5.23. The van der Waals surface area contributed by atoms with Crippen LogP contribution < -0.4 is 5.32 Å². The zero-order chi connectivity index (χ0) is 21.5. The summed E-state index contributed by atoms with van der Waals surface area (Å²) in [6.45, 7) is 0. The first kappa shape index (κ1) is 20.3. The molecule has 4 aromatic carbocycles. The molecule has 0 aliphatic heterocycles. The van der Waals surface area contributed by atoms with Crippen LogP contribution in [0, 0.1) is 0 Å². The highest BCUT2D eigenvalue weighted by Crippen LogP contribution is 2.21. The van der Waals surface area contributed by atoms with Gasteiger partial charge in [-0.1, -0.05) is 103 Å². The molecule has 0 radical (unpaired) electrons. The van der Waals surface area contributed by atoms with Crippen molar-refractivity contribution in [2.45, 2.75) is 12.5 Å². The highest BCUT2D eigenvalue weighted by atomic mass is 16.2. The van der Waals surface area contributed by atoms with Crippen molar-refractivity contribution in [3.05, 3.63) is 119 Å². The fourth-order valence-electron chi connectivity index (χ4n) is 3.67. The van der Waals surface area contributed by atoms with Crippen molar-refractivity contribution in [2.24, 2.45) is 0 Å². The molecule has 1 unspecified atom stereocenters. The largest absolute Gasteiger partial charge is 0.342 e. The molecule has 1 atom stereocenters. The summed E-state index contributed by atoms with van der Waals surface area (Å²) in [4.78, 5) is 24.5. The third kappa shape index (κ3) is 4.96. The minimum atomic E-state index is -0.579. The number of nitrogens with one attached hydrogen (secondary N) is 1. The van der Waals surface area contributed by atoms with E-state index in [4.69, 9.17) is 0 Å². The van der Waals surface area contributed by atoms with Crippen LogP contribution in [0.1, 0.15) is 27.0 Å². The Morgan fingerprint density at radius 2 is 1.39 bits per heavy atom. The third-order valence-corrected chi connectivity index (χ3v) is 5.25. The Balaban J connectivity index is 1.55. The summed E-state index contributed by atoms with van der Waals surface area (Å²) in [6, 6.07) is 30.9. The standard InChI is InChI=1S/C28H23NO2/c30-20-25(19-21-9-2-1-3-10-21)29-28(31)27-16-7-5-12-24(27)18-17-23-14-8-13-22-11-4-6-15-26(22)23/h1-18,20,25H,19H2,(H,29,31)/b18-17+. The number of benzene rings is 4. The van der Waals surface area contributed by atoms with Crippen molar-refractivity contribution in [1.82, 2.24) is 5.32 Å². The van der Waals surface area contributed by atoms with E-state index >= 15 is 0 Å². The van der Waals surface area contributed by atoms with Crippen molar-refractivity contribution in [1.29, 1.82) is 0 Å². The summed E-state index contributed by atoms with van der Waals surface area (Å²) < 4.78 is 0. The van der Waals surface area contributed by atoms with Gasteiger partial charge in [-0.3, -0.25) is 4.79 Å². The van der Waals surface area contributed by atoms with E-state index in [9.17, 15) is 9.59 Å². The molecule has 0 saturated carbocycles. The van der Waals surface area contributed by atoms with Gasteiger partial charge in [0.1, 0.15) is 6.29 Å². The van der Waals surface area contributed by atoms with Crippen LogP contribution in [0.2, 0.25) is 0 Å². The average Bonchev–Trinajstić information content (AvgIpc) is 2.83. The van der Waals surface area contributed by atoms with Gasteiger partial charge in [-0.2, -0.15) is 0 Å². The first-order valence-corrected chi connectivity index (χ1v) is 10.3. The van der Waals surface area contributed by atoms with Gasteiger partial charge in [-0.15, -0.1) is 0 Å². The van der Waals surface area contributed by atoms with Crippen LogP contribution in [-0.2, 0) is 11.2 Å². The molecule has 0 spiro atoms. The number of carbonyl (C=O) groups excluding carboxylic acids is 2. The number of aldehydes is 1. The lowest BCUT2D eigenvalue weighted by molar-refractivity contribution is -0.109. The fraction of sp³-hybridized carbons (Fsp3) is 0.0714. The number of hydrogen-bond donors (Lipinski definition) is 1. The monoisotopic (exact) mass is 405 g/mol. The van der Waals surface area contributed by atoms with Crippen LogP contribution in [0.3, 0.4) is 0 Å². The molecule has 0 fully saturated rings. The van der Waals surface area contributed by atoms with Gasteiger partial charge >= 0.3 is 0 Å². The average molecular weight is 405 g/mol. The molecule has 0 bridgehead atoms. The van der Waals surface area contributed by atoms with Gasteiger partial charge in [-0.25, -0.2) is 0 Å². The van der Waals surface area contributed by atoms with Crippen LogP contribution in [0.5, 0.6) is 0 Å². The summed E-state index contributed by atoms with van der Waals surface area (Å²) >= 11 is 0. The SMILES string of the molecule is O=CC(Cc1ccccc1)NC(=O)c1ccccc1/C=C/c1cccc2ccccc12. The van der Waals surface area contributed by atoms with Crippen LogP contribution in [0.25, 0.3) is 22.9 Å². The van der Waals surface area contributed by atoms with E-state index in [1.54, 1.807) is 6.07 Å². The van der Waals surface area contributed by atoms with Gasteiger partial charge in [0, 0.05) is 5.56 Å². The Bertz CT molecular complexity index is 1220. The highest BCUT2D eigenvalue weighted by Gasteiger charge is 2.15. The number of fused-ring (bicyclic) bond motifs is 1. The number of hydrogen-bond acceptors (Lipinski definition) is 2. The first-order chi connectivity index (χ1) is 15.2. The van der Waals surface area contributed by atoms with Crippen LogP contribution in [0.15, 0.2) is 97.1 Å². The van der Waals surface area contributed by atoms with E-state index in [0.29, 0.717) is 12.0 Å². The van der Waals surface area contributed by atoms with Gasteiger partial charge < -0.3 is 10.1 Å². The second kappa shape index (κ2) is 9.68. The number of carbonyl (C=O) groups is 2. The molecule has 0 heterocycles. The van der Waals surface area contributed by atoms with Gasteiger partial charge in [0.05, 0.1) is 6.04 Å². The minimum absolute atomic E-state index is 0.258. The van der Waals surface area contributed by atoms with Crippen LogP contribution in [-0.4, -0.2) is 18.2 Å². The fourth-order valence-corrected chi connectivity index (χ4v) is 3.67. The molecule has 3 heteroatoms. The summed E-state index contributed by atoms with van der Waals surface area (Å²) in [7, 11) is 0. The van der Waals surface area contributed by atoms with Crippen molar-refractivity contribution in [3.8, 4) is 0 Å². The molecule has 152 valence electrons. The van der Waals surface area contributed by atoms with Crippen molar-refractivity contribution < 1.29 is 9.59 Å². The third-order valence-electron chi connectivity index (χ3n) is 5.25. The molecule has 3 nitrogen and oxygen atoms in total. The molecule has 4 aromatic rings. The molecule has 0 aliphatic carbocycles. The highest BCUT2D eigenvalue weighted by molar-refractivity contribution is 6.00. The van der Waals surface area contributed by atoms with E-state index in [0.717, 1.165) is 28.4 Å². The summed E-state index contributed by atoms with van der Waals surface area (Å²) in [5, 5.41) is 5.19. The molecule has 0 saturated heterocycles. The maximum Gasteiger partial charge on any atom is 0.252 e. The molecule has 4 rings (SSSR count). The maximum atomic E-state index is 12.9. The maximum absolute atomic E-state index is 12.9. The van der Waals surface area contributed by atoms with Gasteiger partial charge in [-0.05, 0) is 39.9 Å². The second-order valence-electron chi connectivity index (χ2n) is 7.39. The van der Waals surface area contributed by atoms with E-state index in [-0.39, 0.29) is 5.91 Å². The predicted molar refractivity (Wildman–Crippen MR) is 127 cm³/mol. The Hall–Kier alpha value is -3.98. The summed E-state index contributed by atoms with van der Waals surface area (Å²) in [5.41, 5.74) is 3.43. The minimum Gasteiger partial charge on any atom is -0.342 e. The molecule has 1 amide bonds.